The van der Waals surface area contributed by atoms with Crippen molar-refractivity contribution in [1.29, 1.82) is 0 Å². The van der Waals surface area contributed by atoms with Crippen molar-refractivity contribution in [3.05, 3.63) is 22.4 Å². The van der Waals surface area contributed by atoms with E-state index < -0.39 is 0 Å². The number of nitrogens with one attached hydrogen (secondary N) is 1. The molecule has 7 heteroatoms. The molecule has 2 amide bonds. The monoisotopic (exact) mass is 383 g/mol. The lowest BCUT2D eigenvalue weighted by Gasteiger charge is -2.43. The maximum atomic E-state index is 13.2. The van der Waals surface area contributed by atoms with Gasteiger partial charge >= 0.3 is 0 Å². The number of fused-ring (bicyclic) bond motifs is 1. The van der Waals surface area contributed by atoms with Crippen molar-refractivity contribution in [3.63, 3.8) is 0 Å². The minimum Gasteiger partial charge on any atom is -0.339 e. The Morgan fingerprint density at radius 2 is 1.92 bits per heavy atom. The van der Waals surface area contributed by atoms with Gasteiger partial charge in [-0.1, -0.05) is 12.8 Å². The molecule has 5 nitrogen and oxygen atoms in total. The van der Waals surface area contributed by atoms with Crippen LogP contribution in [0.15, 0.2) is 16.8 Å². The van der Waals surface area contributed by atoms with Crippen molar-refractivity contribution in [2.75, 3.05) is 39.3 Å². The minimum absolute atomic E-state index is 0. The Hall–Kier alpha value is -1.11. The number of piperazine rings is 1. The molecule has 1 aromatic heterocycles. The van der Waals surface area contributed by atoms with E-state index >= 15 is 0 Å². The summed E-state index contributed by atoms with van der Waals surface area (Å²) in [6.07, 6.45) is 4.62. The quantitative estimate of drug-likeness (QED) is 0.852. The van der Waals surface area contributed by atoms with Gasteiger partial charge in [-0.2, -0.15) is 11.3 Å². The molecule has 2 atom stereocenters. The smallest absolute Gasteiger partial charge is 0.254 e. The maximum absolute atomic E-state index is 13.2. The zero-order chi connectivity index (χ0) is 16.6. The minimum atomic E-state index is -0.169. The molecule has 25 heavy (non-hydrogen) atoms. The van der Waals surface area contributed by atoms with Gasteiger partial charge in [-0.05, 0) is 36.8 Å². The molecule has 1 saturated carbocycles. The highest BCUT2D eigenvalue weighted by Gasteiger charge is 2.51. The standard InChI is InChI=1S/C18H25N3O2S.ClH/c22-16(14-4-10-24-12-14)20-6-8-21(9-7-20)17(23)18-5-2-1-3-15(18)11-19-13-18;/h4,10,12,15,19H,1-3,5-9,11,13H2;1H/t15-,18+;/m0./s1. The number of carbonyl (C=O) groups is 2. The fourth-order valence-electron chi connectivity index (χ4n) is 4.66. The first-order valence-electron chi connectivity index (χ1n) is 9.02. The third kappa shape index (κ3) is 3.32. The molecule has 0 radical (unpaired) electrons. The van der Waals surface area contributed by atoms with E-state index in [1.807, 2.05) is 26.6 Å². The van der Waals surface area contributed by atoms with Crippen LogP contribution >= 0.6 is 23.7 Å². The zero-order valence-electron chi connectivity index (χ0n) is 14.4. The fraction of sp³-hybridized carbons (Fsp3) is 0.667. The van der Waals surface area contributed by atoms with Gasteiger partial charge in [-0.3, -0.25) is 9.59 Å². The van der Waals surface area contributed by atoms with Gasteiger partial charge in [0.25, 0.3) is 5.91 Å². The Labute approximate surface area is 159 Å². The summed E-state index contributed by atoms with van der Waals surface area (Å²) in [6, 6.07) is 1.88. The molecule has 3 heterocycles. The summed E-state index contributed by atoms with van der Waals surface area (Å²) >= 11 is 1.55. The second kappa shape index (κ2) is 7.64. The van der Waals surface area contributed by atoms with Crippen molar-refractivity contribution in [1.82, 2.24) is 15.1 Å². The predicted molar refractivity (Wildman–Crippen MR) is 101 cm³/mol. The van der Waals surface area contributed by atoms with Crippen molar-refractivity contribution < 1.29 is 9.59 Å². The first-order valence-corrected chi connectivity index (χ1v) is 9.96. The van der Waals surface area contributed by atoms with Gasteiger partial charge in [0, 0.05) is 38.1 Å². The molecule has 1 aliphatic carbocycles. The number of amides is 2. The van der Waals surface area contributed by atoms with E-state index in [1.54, 1.807) is 11.3 Å². The van der Waals surface area contributed by atoms with E-state index in [4.69, 9.17) is 0 Å². The van der Waals surface area contributed by atoms with E-state index in [9.17, 15) is 9.59 Å². The number of hydrogen-bond donors (Lipinski definition) is 1. The second-order valence-corrected chi connectivity index (χ2v) is 8.11. The Morgan fingerprint density at radius 3 is 2.64 bits per heavy atom. The molecule has 2 aliphatic heterocycles. The van der Waals surface area contributed by atoms with E-state index in [0.29, 0.717) is 38.0 Å². The number of halogens is 1. The number of rotatable bonds is 2. The van der Waals surface area contributed by atoms with Crippen LogP contribution < -0.4 is 5.32 Å². The highest BCUT2D eigenvalue weighted by atomic mass is 35.5. The Kier molecular flexibility index (Phi) is 5.71. The summed E-state index contributed by atoms with van der Waals surface area (Å²) in [6.45, 7) is 4.46. The molecule has 0 unspecified atom stereocenters. The third-order valence-corrected chi connectivity index (χ3v) is 6.77. The molecular weight excluding hydrogens is 358 g/mol. The van der Waals surface area contributed by atoms with Gasteiger partial charge in [0.2, 0.25) is 5.91 Å². The SMILES string of the molecule is Cl.O=C(c1ccsc1)N1CCN(C(=O)[C@@]23CCCC[C@H]2CNC3)CC1. The summed E-state index contributed by atoms with van der Waals surface area (Å²) in [5, 5.41) is 7.29. The highest BCUT2D eigenvalue weighted by molar-refractivity contribution is 7.08. The van der Waals surface area contributed by atoms with Crippen LogP contribution in [0.25, 0.3) is 0 Å². The molecule has 138 valence electrons. The number of carbonyl (C=O) groups excluding carboxylic acids is 2. The Bertz CT molecular complexity index is 616. The van der Waals surface area contributed by atoms with Crippen LogP contribution in [0.5, 0.6) is 0 Å². The normalized spacial score (nSPS) is 29.0. The van der Waals surface area contributed by atoms with Crippen LogP contribution in [-0.2, 0) is 4.79 Å². The average molecular weight is 384 g/mol. The lowest BCUT2D eigenvalue weighted by atomic mass is 9.67. The molecule has 1 N–H and O–H groups in total. The highest BCUT2D eigenvalue weighted by Crippen LogP contribution is 2.45. The predicted octanol–water partition coefficient (Wildman–Crippen LogP) is 2.23. The molecule has 4 rings (SSSR count). The van der Waals surface area contributed by atoms with Crippen LogP contribution in [0, 0.1) is 11.3 Å². The van der Waals surface area contributed by atoms with Crippen molar-refractivity contribution in [2.24, 2.45) is 11.3 Å². The van der Waals surface area contributed by atoms with Crippen molar-refractivity contribution in [2.45, 2.75) is 25.7 Å². The van der Waals surface area contributed by atoms with Gasteiger partial charge < -0.3 is 15.1 Å². The van der Waals surface area contributed by atoms with Crippen LogP contribution in [0.1, 0.15) is 36.0 Å². The molecule has 0 spiro atoms. The lowest BCUT2D eigenvalue weighted by molar-refractivity contribution is -0.146. The van der Waals surface area contributed by atoms with Crippen LogP contribution in [0.2, 0.25) is 0 Å². The van der Waals surface area contributed by atoms with Crippen LogP contribution in [-0.4, -0.2) is 60.9 Å². The number of thiophene rings is 1. The second-order valence-electron chi connectivity index (χ2n) is 7.33. The van der Waals surface area contributed by atoms with Crippen LogP contribution in [0.3, 0.4) is 0 Å². The van der Waals surface area contributed by atoms with Gasteiger partial charge in [0.15, 0.2) is 0 Å². The summed E-state index contributed by atoms with van der Waals surface area (Å²) in [4.78, 5) is 29.6. The van der Waals surface area contributed by atoms with Gasteiger partial charge in [-0.25, -0.2) is 0 Å². The lowest BCUT2D eigenvalue weighted by Crippen LogP contribution is -2.56. The number of hydrogen-bond acceptors (Lipinski definition) is 4. The number of nitrogens with zero attached hydrogens (tertiary/aromatic N) is 2. The van der Waals surface area contributed by atoms with Gasteiger partial charge in [0.1, 0.15) is 0 Å². The molecule has 2 saturated heterocycles. The topological polar surface area (TPSA) is 52.7 Å². The first-order chi connectivity index (χ1) is 11.7. The van der Waals surface area contributed by atoms with E-state index in [1.165, 1.54) is 19.3 Å². The summed E-state index contributed by atoms with van der Waals surface area (Å²) in [5.41, 5.74) is 0.600. The van der Waals surface area contributed by atoms with E-state index in [0.717, 1.165) is 25.1 Å². The van der Waals surface area contributed by atoms with E-state index in [2.05, 4.69) is 5.32 Å². The molecule has 1 aromatic rings. The van der Waals surface area contributed by atoms with Crippen molar-refractivity contribution >= 4 is 35.6 Å². The summed E-state index contributed by atoms with van der Waals surface area (Å²) in [7, 11) is 0. The average Bonchev–Trinajstić information content (AvgIpc) is 3.30. The summed E-state index contributed by atoms with van der Waals surface area (Å²) in [5.74, 6) is 0.934. The molecular formula is C18H26ClN3O2S. The van der Waals surface area contributed by atoms with Gasteiger partial charge in [0.05, 0.1) is 11.0 Å². The first kappa shape index (κ1) is 18.7. The fourth-order valence-corrected chi connectivity index (χ4v) is 5.29. The van der Waals surface area contributed by atoms with Gasteiger partial charge in [-0.15, -0.1) is 12.4 Å². The third-order valence-electron chi connectivity index (χ3n) is 6.09. The summed E-state index contributed by atoms with van der Waals surface area (Å²) < 4.78 is 0. The van der Waals surface area contributed by atoms with Crippen molar-refractivity contribution in [3.8, 4) is 0 Å². The largest absolute Gasteiger partial charge is 0.339 e. The zero-order valence-corrected chi connectivity index (χ0v) is 16.0. The van der Waals surface area contributed by atoms with E-state index in [-0.39, 0.29) is 23.7 Å². The molecule has 0 bridgehead atoms. The Morgan fingerprint density at radius 1 is 1.16 bits per heavy atom. The molecule has 0 aromatic carbocycles. The van der Waals surface area contributed by atoms with Crippen LogP contribution in [0.4, 0.5) is 0 Å². The molecule has 3 fully saturated rings. The Balaban J connectivity index is 0.00000182. The maximum Gasteiger partial charge on any atom is 0.254 e. The molecule has 3 aliphatic rings.